The predicted molar refractivity (Wildman–Crippen MR) is 132 cm³/mol. The number of rotatable bonds is 8. The third kappa shape index (κ3) is 4.86. The number of hydrogen-bond donors (Lipinski definition) is 1. The molecule has 1 unspecified atom stereocenters. The minimum absolute atomic E-state index is 0.253. The molecule has 2 heterocycles. The normalized spacial score (nSPS) is 12.0. The SMILES string of the molecule is N#Cc1cnc2ccc(C(Nc3ccccc3)P(=O)(Oc3ccccc3)Oc3ccccc3)nn12. The maximum Gasteiger partial charge on any atom is 0.459 e. The number of benzene rings is 3. The van der Waals surface area contributed by atoms with Crippen LogP contribution in [0.15, 0.2) is 109 Å². The molecule has 0 saturated heterocycles. The van der Waals surface area contributed by atoms with Crippen molar-refractivity contribution in [1.29, 1.82) is 5.26 Å². The van der Waals surface area contributed by atoms with Gasteiger partial charge >= 0.3 is 7.60 Å². The van der Waals surface area contributed by atoms with Crippen LogP contribution in [0.1, 0.15) is 17.2 Å². The molecule has 5 aromatic rings. The van der Waals surface area contributed by atoms with Crippen molar-refractivity contribution in [1.82, 2.24) is 14.6 Å². The summed E-state index contributed by atoms with van der Waals surface area (Å²) in [5.74, 6) is -0.259. The number of imidazole rings is 1. The molecule has 0 bridgehead atoms. The molecule has 35 heavy (non-hydrogen) atoms. The molecule has 0 saturated carbocycles. The summed E-state index contributed by atoms with van der Waals surface area (Å²) >= 11 is 0. The van der Waals surface area contributed by atoms with Gasteiger partial charge in [0.1, 0.15) is 17.6 Å². The Bertz CT molecular complexity index is 1470. The van der Waals surface area contributed by atoms with Crippen molar-refractivity contribution in [2.24, 2.45) is 0 Å². The van der Waals surface area contributed by atoms with Crippen molar-refractivity contribution in [2.45, 2.75) is 5.78 Å². The highest BCUT2D eigenvalue weighted by atomic mass is 31.2. The van der Waals surface area contributed by atoms with Crippen molar-refractivity contribution < 1.29 is 13.6 Å². The number of nitriles is 1. The summed E-state index contributed by atoms with van der Waals surface area (Å²) in [7, 11) is -4.03. The molecular weight excluding hydrogens is 461 g/mol. The predicted octanol–water partition coefficient (Wildman–Crippen LogP) is 6.06. The molecule has 9 heteroatoms. The molecule has 0 aliphatic rings. The summed E-state index contributed by atoms with van der Waals surface area (Å²) in [6.45, 7) is 0. The number of anilines is 1. The van der Waals surface area contributed by atoms with E-state index in [0.717, 1.165) is 0 Å². The van der Waals surface area contributed by atoms with Crippen LogP contribution < -0.4 is 14.4 Å². The van der Waals surface area contributed by atoms with Gasteiger partial charge in [-0.2, -0.15) is 10.4 Å². The van der Waals surface area contributed by atoms with E-state index in [2.05, 4.69) is 21.5 Å². The smallest absolute Gasteiger partial charge is 0.414 e. The lowest BCUT2D eigenvalue weighted by Gasteiger charge is -2.28. The standard InChI is InChI=1S/C26H20N5O3P/c27-18-21-19-28-25-17-16-24(30-31(21)25)26(29-20-10-4-1-5-11-20)35(32,33-22-12-6-2-7-13-22)34-23-14-8-3-9-15-23/h1-17,19,26,29H. The summed E-state index contributed by atoms with van der Waals surface area (Å²) in [4.78, 5) is 4.20. The fourth-order valence-electron chi connectivity index (χ4n) is 3.50. The van der Waals surface area contributed by atoms with Crippen LogP contribution in [-0.4, -0.2) is 14.6 Å². The molecule has 0 spiro atoms. The van der Waals surface area contributed by atoms with E-state index in [9.17, 15) is 9.83 Å². The van der Waals surface area contributed by atoms with Gasteiger partial charge in [-0.1, -0.05) is 54.6 Å². The third-order valence-electron chi connectivity index (χ3n) is 5.12. The van der Waals surface area contributed by atoms with Gasteiger partial charge in [-0.25, -0.2) is 14.1 Å². The molecule has 0 radical (unpaired) electrons. The first kappa shape index (κ1) is 22.2. The molecule has 0 aliphatic heterocycles. The highest BCUT2D eigenvalue weighted by Gasteiger charge is 2.42. The number of nitrogens with zero attached hydrogens (tertiary/aromatic N) is 4. The van der Waals surface area contributed by atoms with Crippen molar-refractivity contribution in [2.75, 3.05) is 5.32 Å². The lowest BCUT2D eigenvalue weighted by Crippen LogP contribution is -2.20. The van der Waals surface area contributed by atoms with Crippen LogP contribution in [0.4, 0.5) is 5.69 Å². The first-order chi connectivity index (χ1) is 17.1. The molecule has 5 rings (SSSR count). The number of aromatic nitrogens is 3. The van der Waals surface area contributed by atoms with Crippen LogP contribution in [-0.2, 0) is 4.57 Å². The van der Waals surface area contributed by atoms with Crippen molar-refractivity contribution in [3.63, 3.8) is 0 Å². The van der Waals surface area contributed by atoms with Gasteiger partial charge in [0.25, 0.3) is 0 Å². The first-order valence-electron chi connectivity index (χ1n) is 10.8. The van der Waals surface area contributed by atoms with Crippen LogP contribution in [0.3, 0.4) is 0 Å². The summed E-state index contributed by atoms with van der Waals surface area (Å²) in [6.07, 6.45) is 1.44. The van der Waals surface area contributed by atoms with E-state index in [1.807, 2.05) is 42.5 Å². The van der Waals surface area contributed by atoms with E-state index < -0.39 is 13.4 Å². The van der Waals surface area contributed by atoms with Gasteiger partial charge in [-0.3, -0.25) is 0 Å². The van der Waals surface area contributed by atoms with Gasteiger partial charge < -0.3 is 14.4 Å². The highest BCUT2D eigenvalue weighted by Crippen LogP contribution is 2.59. The highest BCUT2D eigenvalue weighted by molar-refractivity contribution is 7.55. The van der Waals surface area contributed by atoms with E-state index >= 15 is 0 Å². The zero-order valence-electron chi connectivity index (χ0n) is 18.4. The monoisotopic (exact) mass is 481 g/mol. The molecule has 0 aliphatic carbocycles. The Balaban J connectivity index is 1.66. The first-order valence-corrected chi connectivity index (χ1v) is 12.4. The Labute approximate surface area is 201 Å². The molecule has 0 fully saturated rings. The second-order valence-corrected chi connectivity index (χ2v) is 9.51. The van der Waals surface area contributed by atoms with Gasteiger partial charge in [0, 0.05) is 5.69 Å². The Kier molecular flexibility index (Phi) is 6.16. The molecule has 172 valence electrons. The van der Waals surface area contributed by atoms with Crippen LogP contribution in [0.25, 0.3) is 5.65 Å². The summed E-state index contributed by atoms with van der Waals surface area (Å²) in [5.41, 5.74) is 1.79. The molecule has 1 N–H and O–H groups in total. The number of nitrogens with one attached hydrogen (secondary N) is 1. The molecule has 2 aromatic heterocycles. The third-order valence-corrected chi connectivity index (χ3v) is 7.08. The molecule has 0 amide bonds. The second-order valence-electron chi connectivity index (χ2n) is 7.54. The number of hydrogen-bond acceptors (Lipinski definition) is 7. The zero-order valence-corrected chi connectivity index (χ0v) is 19.3. The van der Waals surface area contributed by atoms with Crippen LogP contribution in [0.2, 0.25) is 0 Å². The van der Waals surface area contributed by atoms with E-state index in [-0.39, 0.29) is 5.69 Å². The summed E-state index contributed by atoms with van der Waals surface area (Å²) in [6, 6.07) is 32.4. The van der Waals surface area contributed by atoms with E-state index in [1.165, 1.54) is 10.7 Å². The minimum Gasteiger partial charge on any atom is -0.414 e. The average molecular weight is 481 g/mol. The van der Waals surface area contributed by atoms with Gasteiger partial charge in [0.15, 0.2) is 17.1 Å². The van der Waals surface area contributed by atoms with Gasteiger partial charge in [-0.05, 0) is 48.5 Å². The molecule has 3 aromatic carbocycles. The average Bonchev–Trinajstić information content (AvgIpc) is 3.31. The van der Waals surface area contributed by atoms with Crippen molar-refractivity contribution >= 4 is 18.9 Å². The van der Waals surface area contributed by atoms with E-state index in [4.69, 9.17) is 9.05 Å². The lowest BCUT2D eigenvalue weighted by molar-refractivity contribution is 0.375. The topological polar surface area (TPSA) is 102 Å². The quantitative estimate of drug-likeness (QED) is 0.269. The zero-order chi connectivity index (χ0) is 24.1. The minimum atomic E-state index is -4.03. The van der Waals surface area contributed by atoms with Gasteiger partial charge in [0.05, 0.1) is 11.9 Å². The number of fused-ring (bicyclic) bond motifs is 1. The van der Waals surface area contributed by atoms with Gasteiger partial charge in [-0.15, -0.1) is 0 Å². The fourth-order valence-corrected chi connectivity index (χ4v) is 5.35. The maximum atomic E-state index is 14.6. The second kappa shape index (κ2) is 9.72. The van der Waals surface area contributed by atoms with Crippen LogP contribution in [0.5, 0.6) is 11.5 Å². The Hall–Kier alpha value is -4.60. The molecular formula is C26H20N5O3P. The Morgan fingerprint density at radius 3 is 1.97 bits per heavy atom. The van der Waals surface area contributed by atoms with Crippen LogP contribution >= 0.6 is 7.60 Å². The van der Waals surface area contributed by atoms with Gasteiger partial charge in [0.2, 0.25) is 0 Å². The summed E-state index contributed by atoms with van der Waals surface area (Å²) < 4.78 is 28.2. The molecule has 1 atom stereocenters. The van der Waals surface area contributed by atoms with Crippen LogP contribution in [0, 0.1) is 11.3 Å². The summed E-state index contributed by atoms with van der Waals surface area (Å²) in [5, 5.41) is 17.3. The number of para-hydroxylation sites is 3. The van der Waals surface area contributed by atoms with Crippen molar-refractivity contribution in [3.8, 4) is 17.6 Å². The maximum absolute atomic E-state index is 14.6. The fraction of sp³-hybridized carbons (Fsp3) is 0.0385. The largest absolute Gasteiger partial charge is 0.459 e. The lowest BCUT2D eigenvalue weighted by atomic mass is 10.3. The Morgan fingerprint density at radius 1 is 0.829 bits per heavy atom. The van der Waals surface area contributed by atoms with E-state index in [0.29, 0.717) is 28.5 Å². The Morgan fingerprint density at radius 2 is 1.40 bits per heavy atom. The van der Waals surface area contributed by atoms with Crippen molar-refractivity contribution in [3.05, 3.63) is 121 Å². The van der Waals surface area contributed by atoms with E-state index in [1.54, 1.807) is 60.7 Å². The molecule has 8 nitrogen and oxygen atoms in total.